The average molecular weight is 879 g/mol. The first-order valence-corrected chi connectivity index (χ1v) is 21.1. The highest BCUT2D eigenvalue weighted by atomic mass is 16.9. The molecule has 19 nitrogen and oxygen atoms in total. The van der Waals surface area contributed by atoms with Crippen molar-refractivity contribution in [1.82, 2.24) is 0 Å². The Kier molecular flexibility index (Phi) is 42.5. The van der Waals surface area contributed by atoms with E-state index in [9.17, 15) is 4.79 Å². The molecule has 0 radical (unpaired) electrons. The quantitative estimate of drug-likeness (QED) is 0.0642. The lowest BCUT2D eigenvalue weighted by Gasteiger charge is -2.38. The summed E-state index contributed by atoms with van der Waals surface area (Å²) in [6.45, 7) is 10.9. The molecule has 0 aliphatic carbocycles. The van der Waals surface area contributed by atoms with Crippen LogP contribution < -0.4 is 0 Å². The first-order valence-electron chi connectivity index (χ1n) is 21.1. The summed E-state index contributed by atoms with van der Waals surface area (Å²) < 4.78 is 103. The van der Waals surface area contributed by atoms with Gasteiger partial charge >= 0.3 is 0 Å². The number of methoxy groups -OCH3 is 6. The number of hydrogen-bond donors (Lipinski definition) is 0. The van der Waals surface area contributed by atoms with E-state index in [4.69, 9.17) is 85.3 Å². The Morgan fingerprint density at radius 3 is 0.667 bits per heavy atom. The van der Waals surface area contributed by atoms with Crippen LogP contribution in [0.5, 0.6) is 0 Å². The molecule has 2 unspecified atom stereocenters. The Morgan fingerprint density at radius 2 is 0.500 bits per heavy atom. The van der Waals surface area contributed by atoms with Gasteiger partial charge < -0.3 is 85.3 Å². The molecule has 0 saturated carbocycles. The largest absolute Gasteiger partial charge is 0.382 e. The first kappa shape index (κ1) is 58.9. The molecule has 0 saturated heterocycles. The Balaban J connectivity index is 6.54. The molecule has 360 valence electrons. The smallest absolute Gasteiger partial charge is 0.283 e. The van der Waals surface area contributed by atoms with E-state index in [1.54, 1.807) is 42.7 Å². The zero-order valence-electron chi connectivity index (χ0n) is 38.2. The molecule has 0 aromatic heterocycles. The van der Waals surface area contributed by atoms with Crippen LogP contribution in [-0.2, 0) is 90.1 Å². The van der Waals surface area contributed by atoms with E-state index in [2.05, 4.69) is 0 Å². The number of carbonyl (C=O) groups is 1. The second kappa shape index (κ2) is 43.2. The van der Waals surface area contributed by atoms with Crippen LogP contribution in [0, 0.1) is 11.8 Å². The van der Waals surface area contributed by atoms with Crippen LogP contribution >= 0.6 is 0 Å². The van der Waals surface area contributed by atoms with Gasteiger partial charge in [0.15, 0.2) is 0 Å². The molecule has 2 atom stereocenters. The van der Waals surface area contributed by atoms with Gasteiger partial charge in [-0.3, -0.25) is 4.79 Å². The van der Waals surface area contributed by atoms with Crippen molar-refractivity contribution in [2.45, 2.75) is 51.5 Å². The van der Waals surface area contributed by atoms with Gasteiger partial charge in [-0.05, 0) is 12.8 Å². The van der Waals surface area contributed by atoms with Crippen LogP contribution in [0.4, 0.5) is 0 Å². The fourth-order valence-corrected chi connectivity index (χ4v) is 5.44. The van der Waals surface area contributed by atoms with Crippen LogP contribution in [0.15, 0.2) is 0 Å². The number of hydrogen-bond acceptors (Lipinski definition) is 19. The summed E-state index contributed by atoms with van der Waals surface area (Å²) in [6, 6.07) is 0. The maximum absolute atomic E-state index is 14.8. The molecule has 0 aromatic carbocycles. The van der Waals surface area contributed by atoms with Gasteiger partial charge in [0, 0.05) is 67.3 Å². The van der Waals surface area contributed by atoms with Crippen molar-refractivity contribution in [3.05, 3.63) is 0 Å². The van der Waals surface area contributed by atoms with Crippen LogP contribution in [-0.4, -0.2) is 219 Å². The molecule has 0 amide bonds. The van der Waals surface area contributed by atoms with E-state index in [0.717, 1.165) is 0 Å². The lowest BCUT2D eigenvalue weighted by atomic mass is 9.84. The topological polar surface area (TPSA) is 183 Å². The fourth-order valence-electron chi connectivity index (χ4n) is 5.44. The molecule has 19 heteroatoms. The summed E-state index contributed by atoms with van der Waals surface area (Å²) in [5.74, 6) is -4.52. The number of carbonyl (C=O) groups excluding carboxylic acids is 1. The molecule has 0 aromatic rings. The van der Waals surface area contributed by atoms with Crippen molar-refractivity contribution in [2.75, 3.05) is 201 Å². The van der Waals surface area contributed by atoms with E-state index in [-0.39, 0.29) is 97.9 Å². The minimum atomic E-state index is -1.65. The molecule has 0 aliphatic heterocycles. The van der Waals surface area contributed by atoms with Crippen molar-refractivity contribution in [3.8, 4) is 0 Å². The van der Waals surface area contributed by atoms with Crippen molar-refractivity contribution in [3.63, 3.8) is 0 Å². The van der Waals surface area contributed by atoms with Crippen LogP contribution in [0.2, 0.25) is 0 Å². The Morgan fingerprint density at radius 1 is 0.317 bits per heavy atom. The van der Waals surface area contributed by atoms with Gasteiger partial charge in [0.25, 0.3) is 11.9 Å². The molecule has 0 fully saturated rings. The maximum atomic E-state index is 14.8. The van der Waals surface area contributed by atoms with Gasteiger partial charge in [0.2, 0.25) is 0 Å². The van der Waals surface area contributed by atoms with Crippen LogP contribution in [0.3, 0.4) is 0 Å². The van der Waals surface area contributed by atoms with Gasteiger partial charge in [-0.15, -0.1) is 0 Å². The third kappa shape index (κ3) is 31.7. The van der Waals surface area contributed by atoms with E-state index in [0.29, 0.717) is 92.1 Å². The Hall–Kier alpha value is -1.05. The average Bonchev–Trinajstić information content (AvgIpc) is 3.26. The third-order valence-electron chi connectivity index (χ3n) is 8.67. The van der Waals surface area contributed by atoms with Crippen LogP contribution in [0.1, 0.15) is 39.5 Å². The minimum absolute atomic E-state index is 0.0617. The number of ether oxygens (including phenoxy) is 18. The van der Waals surface area contributed by atoms with Crippen molar-refractivity contribution < 1.29 is 90.1 Å². The van der Waals surface area contributed by atoms with E-state index >= 15 is 0 Å². The molecular weight excluding hydrogens is 796 g/mol. The second-order valence-corrected chi connectivity index (χ2v) is 13.1. The first-order chi connectivity index (χ1) is 29.4. The summed E-state index contributed by atoms with van der Waals surface area (Å²) in [5, 5.41) is 0. The van der Waals surface area contributed by atoms with Crippen molar-refractivity contribution >= 4 is 5.78 Å². The van der Waals surface area contributed by atoms with Gasteiger partial charge in [-0.2, -0.15) is 0 Å². The van der Waals surface area contributed by atoms with E-state index < -0.39 is 23.8 Å². The minimum Gasteiger partial charge on any atom is -0.382 e. The Bertz CT molecular complexity index is 755. The molecule has 0 N–H and O–H groups in total. The lowest BCUT2D eigenvalue weighted by Crippen LogP contribution is -2.47. The molecule has 0 spiro atoms. The van der Waals surface area contributed by atoms with Gasteiger partial charge in [0.1, 0.15) is 5.78 Å². The normalized spacial score (nSPS) is 13.3. The second-order valence-electron chi connectivity index (χ2n) is 13.1. The predicted molar refractivity (Wildman–Crippen MR) is 219 cm³/mol. The fraction of sp³-hybridized carbons (Fsp3) is 0.976. The highest BCUT2D eigenvalue weighted by Gasteiger charge is 2.44. The molecular formula is C41H82O19. The molecule has 0 bridgehead atoms. The molecule has 0 aliphatic rings. The highest BCUT2D eigenvalue weighted by molar-refractivity contribution is 5.83. The van der Waals surface area contributed by atoms with E-state index in [1.807, 2.05) is 13.8 Å². The molecule has 0 heterocycles. The summed E-state index contributed by atoms with van der Waals surface area (Å²) in [7, 11) is 9.62. The summed E-state index contributed by atoms with van der Waals surface area (Å²) in [6.07, 6.45) is 1.04. The summed E-state index contributed by atoms with van der Waals surface area (Å²) in [5.41, 5.74) is 0. The maximum Gasteiger partial charge on any atom is 0.283 e. The van der Waals surface area contributed by atoms with E-state index in [1.165, 1.54) is 0 Å². The SMILES string of the molecule is CCC(CC(OCCOCCOC)(OCCOCCOC)OCCOCCOC)C(=O)C(CC)CC(OCCOCCOC)(OCCOCCOC)OCCOCCOC. The monoisotopic (exact) mass is 879 g/mol. The number of Topliss-reactive ketones (excluding diaryl/α,β-unsaturated/α-hetero) is 1. The van der Waals surface area contributed by atoms with Crippen LogP contribution in [0.25, 0.3) is 0 Å². The third-order valence-corrected chi connectivity index (χ3v) is 8.67. The highest BCUT2D eigenvalue weighted by Crippen LogP contribution is 2.34. The predicted octanol–water partition coefficient (Wildman–Crippen LogP) is 2.77. The Labute approximate surface area is 360 Å². The molecule has 0 rings (SSSR count). The van der Waals surface area contributed by atoms with Crippen molar-refractivity contribution in [2.24, 2.45) is 11.8 Å². The zero-order valence-corrected chi connectivity index (χ0v) is 38.2. The van der Waals surface area contributed by atoms with Gasteiger partial charge in [-0.1, -0.05) is 13.8 Å². The zero-order chi connectivity index (χ0) is 44.3. The number of rotatable bonds is 50. The lowest BCUT2D eigenvalue weighted by molar-refractivity contribution is -0.392. The summed E-state index contributed by atoms with van der Waals surface area (Å²) in [4.78, 5) is 14.8. The van der Waals surface area contributed by atoms with Gasteiger partial charge in [-0.25, -0.2) is 0 Å². The standard InChI is InChI=1S/C41H82O19/c1-9-37(35-40(55-29-23-49-17-11-43-3,56-30-24-50-18-12-44-4)57-31-25-51-19-13-45-5)39(42)38(10-2)36-41(58-32-26-52-20-14-46-6,59-33-27-53-21-15-47-7)60-34-28-54-22-16-48-8/h37-38H,9-36H2,1-8H3. The molecule has 60 heavy (non-hydrogen) atoms. The van der Waals surface area contributed by atoms with Gasteiger partial charge in [0.05, 0.1) is 159 Å². The summed E-state index contributed by atoms with van der Waals surface area (Å²) >= 11 is 0. The number of ketones is 1. The van der Waals surface area contributed by atoms with Crippen molar-refractivity contribution in [1.29, 1.82) is 0 Å².